The van der Waals surface area contributed by atoms with Gasteiger partial charge in [0.15, 0.2) is 0 Å². The SMILES string of the molecule is c1ccc2c(c1)sc1cc(-c3ccc(-c4ccc5c(c4)sc4c6ccc(-c7ccc(-c8cc9sc%10ccccc%10c9s8)cc7)cc6sc54)cc3)sc12. The fourth-order valence-electron chi connectivity index (χ4n) is 7.55. The first kappa shape index (κ1) is 29.9. The van der Waals surface area contributed by atoms with E-state index in [0.717, 1.165) is 0 Å². The topological polar surface area (TPSA) is 0 Å². The predicted octanol–water partition coefficient (Wildman–Crippen LogP) is 16.8. The Labute approximate surface area is 322 Å². The minimum absolute atomic E-state index is 1.26. The minimum atomic E-state index is 1.26. The molecular formula is C46H24S6. The molecule has 0 nitrogen and oxygen atoms in total. The molecule has 0 saturated heterocycles. The van der Waals surface area contributed by atoms with Crippen LogP contribution in [0.15, 0.2) is 146 Å². The number of benzene rings is 6. The van der Waals surface area contributed by atoms with Gasteiger partial charge in [-0.25, -0.2) is 0 Å². The molecule has 0 aliphatic carbocycles. The van der Waals surface area contributed by atoms with Crippen LogP contribution in [-0.2, 0) is 0 Å². The van der Waals surface area contributed by atoms with E-state index in [1.165, 1.54) is 112 Å². The summed E-state index contributed by atoms with van der Waals surface area (Å²) < 4.78 is 13.8. The van der Waals surface area contributed by atoms with Crippen LogP contribution in [0.5, 0.6) is 0 Å². The molecule has 6 aromatic heterocycles. The zero-order chi connectivity index (χ0) is 33.9. The van der Waals surface area contributed by atoms with Crippen molar-refractivity contribution in [1.29, 1.82) is 0 Å². The van der Waals surface area contributed by atoms with Crippen LogP contribution in [-0.4, -0.2) is 0 Å². The summed E-state index contributed by atoms with van der Waals surface area (Å²) in [6.07, 6.45) is 0. The summed E-state index contributed by atoms with van der Waals surface area (Å²) in [6, 6.07) is 54.5. The van der Waals surface area contributed by atoms with Gasteiger partial charge in [0.05, 0.1) is 18.8 Å². The first-order valence-corrected chi connectivity index (χ1v) is 22.0. The standard InChI is InChI=1S/C46H24S6/c1-3-7-35-31(5-1)43-41(47-35)23-37(49-43)27-13-9-25(10-14-27)29-17-19-33-39(21-29)51-46-34-20-18-30(22-40(34)52-45(33)46)26-11-15-28(16-12-26)38-24-42-44(50-38)32-6-2-4-8-36(32)48-42/h1-24H. The van der Waals surface area contributed by atoms with E-state index in [1.54, 1.807) is 0 Å². The summed E-state index contributed by atoms with van der Waals surface area (Å²) in [7, 11) is 0. The van der Waals surface area contributed by atoms with Gasteiger partial charge in [-0.2, -0.15) is 0 Å². The lowest BCUT2D eigenvalue weighted by atomic mass is 10.0. The fraction of sp³-hybridized carbons (Fsp3) is 0. The Hall–Kier alpha value is -4.66. The molecule has 0 unspecified atom stereocenters. The van der Waals surface area contributed by atoms with Gasteiger partial charge >= 0.3 is 0 Å². The number of hydrogen-bond acceptors (Lipinski definition) is 6. The van der Waals surface area contributed by atoms with E-state index in [2.05, 4.69) is 146 Å². The molecule has 0 fully saturated rings. The molecule has 6 heteroatoms. The van der Waals surface area contributed by atoms with Gasteiger partial charge < -0.3 is 0 Å². The molecule has 0 N–H and O–H groups in total. The number of rotatable bonds is 4. The summed E-state index contributed by atoms with van der Waals surface area (Å²) >= 11 is 11.5. The maximum absolute atomic E-state index is 2.39. The first-order valence-electron chi connectivity index (χ1n) is 17.1. The van der Waals surface area contributed by atoms with E-state index in [-0.39, 0.29) is 0 Å². The highest BCUT2D eigenvalue weighted by Crippen LogP contribution is 2.47. The molecule has 0 spiro atoms. The monoisotopic (exact) mass is 768 g/mol. The van der Waals surface area contributed by atoms with Crippen LogP contribution in [0.1, 0.15) is 0 Å². The highest BCUT2D eigenvalue weighted by molar-refractivity contribution is 7.37. The van der Waals surface area contributed by atoms with E-state index in [4.69, 9.17) is 0 Å². The second-order valence-corrected chi connectivity index (χ2v) is 19.6. The van der Waals surface area contributed by atoms with Crippen molar-refractivity contribution in [2.45, 2.75) is 0 Å². The van der Waals surface area contributed by atoms with Gasteiger partial charge in [0.25, 0.3) is 0 Å². The lowest BCUT2D eigenvalue weighted by molar-refractivity contribution is 1.65. The fourth-order valence-corrected chi connectivity index (χ4v) is 15.3. The molecule has 0 amide bonds. The van der Waals surface area contributed by atoms with Crippen LogP contribution >= 0.6 is 68.0 Å². The van der Waals surface area contributed by atoms with E-state index < -0.39 is 0 Å². The molecule has 0 aliphatic rings. The molecule has 244 valence electrons. The number of hydrogen-bond donors (Lipinski definition) is 0. The lowest BCUT2D eigenvalue weighted by Gasteiger charge is -2.05. The average Bonchev–Trinajstić information content (AvgIpc) is 4.03. The highest BCUT2D eigenvalue weighted by atomic mass is 32.1. The third-order valence-corrected chi connectivity index (χ3v) is 17.6. The van der Waals surface area contributed by atoms with Crippen LogP contribution in [0.4, 0.5) is 0 Å². The molecule has 0 radical (unpaired) electrons. The molecular weight excluding hydrogens is 745 g/mol. The van der Waals surface area contributed by atoms with Crippen molar-refractivity contribution < 1.29 is 0 Å². The van der Waals surface area contributed by atoms with Crippen molar-refractivity contribution in [2.24, 2.45) is 0 Å². The summed E-state index contributed by atoms with van der Waals surface area (Å²) in [5.74, 6) is 0. The van der Waals surface area contributed by atoms with Crippen LogP contribution in [0, 0.1) is 0 Å². The minimum Gasteiger partial charge on any atom is -0.134 e. The largest absolute Gasteiger partial charge is 0.134 e. The second kappa shape index (κ2) is 11.4. The lowest BCUT2D eigenvalue weighted by Crippen LogP contribution is -1.78. The zero-order valence-electron chi connectivity index (χ0n) is 27.3. The van der Waals surface area contributed by atoms with Crippen molar-refractivity contribution in [3.05, 3.63) is 146 Å². The van der Waals surface area contributed by atoms with Crippen molar-refractivity contribution in [3.8, 4) is 43.1 Å². The summed E-state index contributed by atoms with van der Waals surface area (Å²) in [5.41, 5.74) is 7.65. The normalized spacial score (nSPS) is 12.2. The Morgan fingerprint density at radius 1 is 0.231 bits per heavy atom. The number of fused-ring (bicyclic) bond motifs is 11. The average molecular weight is 769 g/mol. The van der Waals surface area contributed by atoms with E-state index in [1.807, 2.05) is 68.0 Å². The molecule has 12 rings (SSSR count). The van der Waals surface area contributed by atoms with Gasteiger partial charge in [0, 0.05) is 59.5 Å². The van der Waals surface area contributed by atoms with Crippen LogP contribution in [0.2, 0.25) is 0 Å². The predicted molar refractivity (Wildman–Crippen MR) is 238 cm³/mol. The Balaban J connectivity index is 0.829. The van der Waals surface area contributed by atoms with Gasteiger partial charge in [-0.3, -0.25) is 0 Å². The Morgan fingerprint density at radius 2 is 0.615 bits per heavy atom. The maximum atomic E-state index is 2.39. The third-order valence-electron chi connectivity index (χ3n) is 10.2. The van der Waals surface area contributed by atoms with Crippen molar-refractivity contribution in [3.63, 3.8) is 0 Å². The third kappa shape index (κ3) is 4.59. The number of thiophene rings is 6. The van der Waals surface area contributed by atoms with Crippen LogP contribution < -0.4 is 0 Å². The van der Waals surface area contributed by atoms with Crippen LogP contribution in [0.25, 0.3) is 112 Å². The van der Waals surface area contributed by atoms with E-state index in [0.29, 0.717) is 0 Å². The smallest absolute Gasteiger partial charge is 0.0542 e. The summed E-state index contributed by atoms with van der Waals surface area (Å²) in [4.78, 5) is 2.68. The van der Waals surface area contributed by atoms with Crippen LogP contribution in [0.3, 0.4) is 0 Å². The molecule has 12 aromatic rings. The zero-order valence-corrected chi connectivity index (χ0v) is 32.2. The molecule has 0 atom stereocenters. The van der Waals surface area contributed by atoms with Gasteiger partial charge in [0.2, 0.25) is 0 Å². The summed E-state index contributed by atoms with van der Waals surface area (Å²) in [6.45, 7) is 0. The van der Waals surface area contributed by atoms with Gasteiger partial charge in [0.1, 0.15) is 0 Å². The van der Waals surface area contributed by atoms with Crippen molar-refractivity contribution >= 4 is 137 Å². The highest BCUT2D eigenvalue weighted by Gasteiger charge is 2.16. The molecule has 6 heterocycles. The van der Waals surface area contributed by atoms with E-state index >= 15 is 0 Å². The molecule has 0 aliphatic heterocycles. The first-order chi connectivity index (χ1) is 25.7. The molecule has 0 saturated carbocycles. The second-order valence-electron chi connectivity index (χ2n) is 13.2. The Morgan fingerprint density at radius 3 is 1.08 bits per heavy atom. The molecule has 6 aromatic carbocycles. The van der Waals surface area contributed by atoms with Gasteiger partial charge in [-0.05, 0) is 69.8 Å². The molecule has 52 heavy (non-hydrogen) atoms. The quantitative estimate of drug-likeness (QED) is 0.167. The van der Waals surface area contributed by atoms with Gasteiger partial charge in [-0.15, -0.1) is 68.0 Å². The summed E-state index contributed by atoms with van der Waals surface area (Å²) in [5, 5.41) is 5.48. The Kier molecular flexibility index (Phi) is 6.56. The van der Waals surface area contributed by atoms with Crippen molar-refractivity contribution in [2.75, 3.05) is 0 Å². The van der Waals surface area contributed by atoms with Crippen molar-refractivity contribution in [1.82, 2.24) is 0 Å². The Bertz CT molecular complexity index is 3110. The maximum Gasteiger partial charge on any atom is 0.0542 e. The van der Waals surface area contributed by atoms with E-state index in [9.17, 15) is 0 Å². The molecule has 0 bridgehead atoms. The van der Waals surface area contributed by atoms with Gasteiger partial charge in [-0.1, -0.05) is 109 Å².